The van der Waals surface area contributed by atoms with Gasteiger partial charge in [-0.05, 0) is 51.0 Å². The fourth-order valence-electron chi connectivity index (χ4n) is 2.20. The van der Waals surface area contributed by atoms with E-state index in [1.54, 1.807) is 0 Å². The quantitative estimate of drug-likeness (QED) is 0.822. The fourth-order valence-corrected chi connectivity index (χ4v) is 2.20. The Kier molecular flexibility index (Phi) is 3.70. The second kappa shape index (κ2) is 5.25. The highest BCUT2D eigenvalue weighted by atomic mass is 16.5. The predicted molar refractivity (Wildman–Crippen MR) is 73.9 cm³/mol. The summed E-state index contributed by atoms with van der Waals surface area (Å²) in [6.45, 7) is 10.1. The Morgan fingerprint density at radius 3 is 2.22 bits per heavy atom. The summed E-state index contributed by atoms with van der Waals surface area (Å²) in [5.41, 5.74) is 4.75. The third-order valence-corrected chi connectivity index (χ3v) is 2.98. The number of rotatable bonds is 4. The molecule has 0 spiro atoms. The van der Waals surface area contributed by atoms with E-state index in [0.717, 1.165) is 24.5 Å². The number of nitrogens with zero attached hydrogens (tertiary/aromatic N) is 2. The molecule has 3 nitrogen and oxygen atoms in total. The molecule has 2 aromatic rings. The molecule has 0 saturated heterocycles. The summed E-state index contributed by atoms with van der Waals surface area (Å²) in [6, 6.07) is 8.60. The van der Waals surface area contributed by atoms with Gasteiger partial charge in [0.2, 0.25) is 0 Å². The fraction of sp³-hybridized carbons (Fsp3) is 0.400. The smallest absolute Gasteiger partial charge is 0.156 e. The van der Waals surface area contributed by atoms with Crippen molar-refractivity contribution >= 4 is 5.69 Å². The molecule has 0 radical (unpaired) electrons. The molecule has 1 heterocycles. The molecule has 0 N–H and O–H groups in total. The Bertz CT molecular complexity index is 511. The molecule has 18 heavy (non-hydrogen) atoms. The van der Waals surface area contributed by atoms with Crippen molar-refractivity contribution in [3.63, 3.8) is 0 Å². The van der Waals surface area contributed by atoms with Crippen LogP contribution in [-0.4, -0.2) is 11.7 Å². The summed E-state index contributed by atoms with van der Waals surface area (Å²) in [5, 5.41) is 3.93. The maximum Gasteiger partial charge on any atom is 0.156 e. The monoisotopic (exact) mass is 244 g/mol. The first-order valence-corrected chi connectivity index (χ1v) is 6.34. The summed E-state index contributed by atoms with van der Waals surface area (Å²) in [7, 11) is 0. The van der Waals surface area contributed by atoms with Crippen molar-refractivity contribution in [2.75, 3.05) is 11.4 Å². The van der Waals surface area contributed by atoms with Crippen molar-refractivity contribution < 1.29 is 4.52 Å². The number of anilines is 1. The molecule has 0 atom stereocenters. The van der Waals surface area contributed by atoms with Crippen LogP contribution in [0.25, 0.3) is 0 Å². The van der Waals surface area contributed by atoms with Gasteiger partial charge in [0.05, 0.1) is 12.2 Å². The van der Waals surface area contributed by atoms with Crippen LogP contribution in [0.2, 0.25) is 0 Å². The lowest BCUT2D eigenvalue weighted by molar-refractivity contribution is 0.378. The topological polar surface area (TPSA) is 29.3 Å². The molecule has 0 amide bonds. The van der Waals surface area contributed by atoms with Crippen LogP contribution in [0, 0.1) is 20.8 Å². The molecular weight excluding hydrogens is 224 g/mol. The molecule has 3 heteroatoms. The first kappa shape index (κ1) is 12.7. The summed E-state index contributed by atoms with van der Waals surface area (Å²) in [4.78, 5) is 2.29. The normalized spacial score (nSPS) is 10.7. The first-order valence-electron chi connectivity index (χ1n) is 6.34. The maximum atomic E-state index is 5.29. The molecule has 0 aliphatic carbocycles. The van der Waals surface area contributed by atoms with Gasteiger partial charge in [0.15, 0.2) is 5.76 Å². The molecule has 0 saturated carbocycles. The van der Waals surface area contributed by atoms with Crippen molar-refractivity contribution in [1.82, 2.24) is 5.16 Å². The number of hydrogen-bond donors (Lipinski definition) is 0. The van der Waals surface area contributed by atoms with E-state index in [9.17, 15) is 0 Å². The van der Waals surface area contributed by atoms with Crippen LogP contribution in [0.3, 0.4) is 0 Å². The highest BCUT2D eigenvalue weighted by molar-refractivity contribution is 5.50. The molecule has 0 aliphatic rings. The zero-order valence-corrected chi connectivity index (χ0v) is 11.5. The Morgan fingerprint density at radius 2 is 1.72 bits per heavy atom. The van der Waals surface area contributed by atoms with Crippen LogP contribution in [0.15, 0.2) is 28.8 Å². The number of aromatic nitrogens is 1. The van der Waals surface area contributed by atoms with E-state index in [2.05, 4.69) is 49.0 Å². The maximum absolute atomic E-state index is 5.29. The zero-order chi connectivity index (χ0) is 13.1. The molecule has 1 aromatic heterocycles. The predicted octanol–water partition coefficient (Wildman–Crippen LogP) is 3.63. The molecule has 0 aliphatic heterocycles. The summed E-state index contributed by atoms with van der Waals surface area (Å²) in [5.74, 6) is 0.911. The van der Waals surface area contributed by atoms with Crippen LogP contribution in [0.1, 0.15) is 29.5 Å². The number of benzene rings is 1. The third-order valence-electron chi connectivity index (χ3n) is 2.98. The molecule has 1 aromatic carbocycles. The molecule has 0 fully saturated rings. The van der Waals surface area contributed by atoms with Crippen LogP contribution < -0.4 is 4.90 Å². The van der Waals surface area contributed by atoms with E-state index in [1.807, 2.05) is 13.0 Å². The van der Waals surface area contributed by atoms with Gasteiger partial charge in [-0.3, -0.25) is 0 Å². The summed E-state index contributed by atoms with van der Waals surface area (Å²) in [6.07, 6.45) is 0. The third kappa shape index (κ3) is 2.92. The minimum Gasteiger partial charge on any atom is -0.364 e. The van der Waals surface area contributed by atoms with E-state index in [1.165, 1.54) is 16.8 Å². The largest absolute Gasteiger partial charge is 0.364 e. The Balaban J connectivity index is 2.22. The van der Waals surface area contributed by atoms with Crippen LogP contribution in [0.4, 0.5) is 5.69 Å². The van der Waals surface area contributed by atoms with Crippen LogP contribution in [0.5, 0.6) is 0 Å². The lowest BCUT2D eigenvalue weighted by atomic mass is 10.1. The van der Waals surface area contributed by atoms with Crippen molar-refractivity contribution in [2.24, 2.45) is 0 Å². The van der Waals surface area contributed by atoms with Crippen molar-refractivity contribution in [3.8, 4) is 0 Å². The van der Waals surface area contributed by atoms with E-state index in [-0.39, 0.29) is 0 Å². The Hall–Kier alpha value is -1.77. The summed E-state index contributed by atoms with van der Waals surface area (Å²) >= 11 is 0. The van der Waals surface area contributed by atoms with Crippen molar-refractivity contribution in [2.45, 2.75) is 34.2 Å². The van der Waals surface area contributed by atoms with Gasteiger partial charge < -0.3 is 9.42 Å². The highest BCUT2D eigenvalue weighted by Gasteiger charge is 2.09. The van der Waals surface area contributed by atoms with E-state index in [0.29, 0.717) is 0 Å². The lowest BCUT2D eigenvalue weighted by Gasteiger charge is -2.22. The molecule has 96 valence electrons. The van der Waals surface area contributed by atoms with E-state index in [4.69, 9.17) is 4.52 Å². The van der Waals surface area contributed by atoms with Crippen molar-refractivity contribution in [1.29, 1.82) is 0 Å². The van der Waals surface area contributed by atoms with Gasteiger partial charge in [-0.25, -0.2) is 0 Å². The molecule has 0 unspecified atom stereocenters. The highest BCUT2D eigenvalue weighted by Crippen LogP contribution is 2.20. The number of hydrogen-bond acceptors (Lipinski definition) is 3. The van der Waals surface area contributed by atoms with E-state index < -0.39 is 0 Å². The minimum absolute atomic E-state index is 0.764. The van der Waals surface area contributed by atoms with Crippen LogP contribution >= 0.6 is 0 Å². The lowest BCUT2D eigenvalue weighted by Crippen LogP contribution is -2.21. The average Bonchev–Trinajstić information content (AvgIpc) is 2.70. The van der Waals surface area contributed by atoms with Gasteiger partial charge >= 0.3 is 0 Å². The second-order valence-electron chi connectivity index (χ2n) is 4.79. The minimum atomic E-state index is 0.764. The van der Waals surface area contributed by atoms with Crippen LogP contribution in [-0.2, 0) is 6.54 Å². The molecular formula is C15H20N2O. The zero-order valence-electron chi connectivity index (χ0n) is 11.5. The van der Waals surface area contributed by atoms with Gasteiger partial charge in [0.25, 0.3) is 0 Å². The number of aryl methyl sites for hydroxylation is 3. The van der Waals surface area contributed by atoms with Gasteiger partial charge in [-0.2, -0.15) is 0 Å². The Morgan fingerprint density at radius 1 is 1.06 bits per heavy atom. The van der Waals surface area contributed by atoms with Gasteiger partial charge in [-0.1, -0.05) is 11.2 Å². The first-order chi connectivity index (χ1) is 8.58. The van der Waals surface area contributed by atoms with Gasteiger partial charge in [-0.15, -0.1) is 0 Å². The van der Waals surface area contributed by atoms with Crippen molar-refractivity contribution in [3.05, 3.63) is 46.8 Å². The van der Waals surface area contributed by atoms with Gasteiger partial charge in [0, 0.05) is 18.3 Å². The SMILES string of the molecule is CCN(Cc1cc(C)no1)c1cc(C)cc(C)c1. The molecule has 0 bridgehead atoms. The standard InChI is InChI=1S/C15H20N2O/c1-5-17(10-15-9-13(4)16-18-15)14-7-11(2)6-12(3)8-14/h6-9H,5,10H2,1-4H3. The van der Waals surface area contributed by atoms with E-state index >= 15 is 0 Å². The second-order valence-corrected chi connectivity index (χ2v) is 4.79. The summed E-state index contributed by atoms with van der Waals surface area (Å²) < 4.78 is 5.29. The Labute approximate surface area is 108 Å². The average molecular weight is 244 g/mol. The van der Waals surface area contributed by atoms with Gasteiger partial charge in [0.1, 0.15) is 0 Å². The molecule has 2 rings (SSSR count).